The standard InChI is InChI=1S/C32H31F3N10/c1-44(2)10-8-37-23-13-20(12-22(33)14-23)24-5-7-38-30-27(24)40-31(41-30)29-28-26(42-43-29)4-3-25(39-28)21-11-19(15-36-16-21)17-45-9-6-32(34,35)18-45/h3-5,7,11-16,37H,6,8-10,17-18H2,1-2H3,(H,42,43)(H,38,40,41). The summed E-state index contributed by atoms with van der Waals surface area (Å²) in [4.78, 5) is 25.6. The van der Waals surface area contributed by atoms with Gasteiger partial charge in [-0.05, 0) is 67.7 Å². The van der Waals surface area contributed by atoms with Crippen molar-refractivity contribution in [3.8, 4) is 33.9 Å². The average Bonchev–Trinajstić information content (AvgIpc) is 3.72. The number of hydrogen-bond donors (Lipinski definition) is 3. The molecule has 0 bridgehead atoms. The molecule has 1 fully saturated rings. The Kier molecular flexibility index (Phi) is 7.42. The van der Waals surface area contributed by atoms with Crippen LogP contribution < -0.4 is 5.32 Å². The molecule has 230 valence electrons. The molecular weight excluding hydrogens is 581 g/mol. The third-order valence-corrected chi connectivity index (χ3v) is 7.86. The van der Waals surface area contributed by atoms with Crippen LogP contribution >= 0.6 is 0 Å². The molecule has 3 N–H and O–H groups in total. The monoisotopic (exact) mass is 612 g/mol. The van der Waals surface area contributed by atoms with Gasteiger partial charge in [-0.1, -0.05) is 0 Å². The molecule has 5 aromatic heterocycles. The lowest BCUT2D eigenvalue weighted by Crippen LogP contribution is -2.24. The molecule has 6 aromatic rings. The third-order valence-electron chi connectivity index (χ3n) is 7.86. The number of halogens is 3. The maximum absolute atomic E-state index is 14.7. The van der Waals surface area contributed by atoms with E-state index >= 15 is 0 Å². The SMILES string of the molecule is CN(C)CCNc1cc(F)cc(-c2ccnc3[nH]c(-c4n[nH]c5ccc(-c6cncc(CN7CCC(F)(F)C7)c6)nc45)nc23)c1. The number of aromatic nitrogens is 7. The predicted molar refractivity (Wildman–Crippen MR) is 167 cm³/mol. The summed E-state index contributed by atoms with van der Waals surface area (Å²) in [6.07, 6.45) is 4.93. The van der Waals surface area contributed by atoms with Crippen LogP contribution in [0.25, 0.3) is 56.1 Å². The molecule has 45 heavy (non-hydrogen) atoms. The van der Waals surface area contributed by atoms with Gasteiger partial charge in [-0.15, -0.1) is 0 Å². The number of hydrogen-bond acceptors (Lipinski definition) is 8. The second-order valence-corrected chi connectivity index (χ2v) is 11.7. The first-order valence-electron chi connectivity index (χ1n) is 14.6. The van der Waals surface area contributed by atoms with Crippen LogP contribution in [0.1, 0.15) is 12.0 Å². The van der Waals surface area contributed by atoms with Crippen LogP contribution in [0.2, 0.25) is 0 Å². The molecule has 7 rings (SSSR count). The Hall–Kier alpha value is -4.88. The number of pyridine rings is 3. The van der Waals surface area contributed by atoms with Gasteiger partial charge in [-0.3, -0.25) is 15.0 Å². The summed E-state index contributed by atoms with van der Waals surface area (Å²) >= 11 is 0. The van der Waals surface area contributed by atoms with Crippen molar-refractivity contribution in [1.29, 1.82) is 0 Å². The van der Waals surface area contributed by atoms with E-state index in [4.69, 9.17) is 9.97 Å². The lowest BCUT2D eigenvalue weighted by Gasteiger charge is -2.15. The molecular formula is C32H31F3N10. The highest BCUT2D eigenvalue weighted by Gasteiger charge is 2.38. The largest absolute Gasteiger partial charge is 0.384 e. The molecule has 1 aliphatic rings. The number of rotatable bonds is 9. The number of aromatic amines is 2. The van der Waals surface area contributed by atoms with Crippen molar-refractivity contribution in [1.82, 2.24) is 44.9 Å². The summed E-state index contributed by atoms with van der Waals surface area (Å²) < 4.78 is 42.1. The number of alkyl halides is 2. The van der Waals surface area contributed by atoms with Gasteiger partial charge < -0.3 is 15.2 Å². The van der Waals surface area contributed by atoms with E-state index in [1.165, 1.54) is 12.1 Å². The van der Waals surface area contributed by atoms with Crippen LogP contribution in [0.4, 0.5) is 18.9 Å². The Bertz CT molecular complexity index is 2000. The molecule has 0 atom stereocenters. The van der Waals surface area contributed by atoms with Crippen LogP contribution in [0, 0.1) is 5.82 Å². The van der Waals surface area contributed by atoms with E-state index in [-0.39, 0.29) is 18.8 Å². The van der Waals surface area contributed by atoms with Crippen molar-refractivity contribution in [2.24, 2.45) is 0 Å². The molecule has 0 spiro atoms. The number of nitrogens with one attached hydrogen (secondary N) is 3. The van der Waals surface area contributed by atoms with Gasteiger partial charge in [-0.25, -0.2) is 28.1 Å². The van der Waals surface area contributed by atoms with Gasteiger partial charge in [0.15, 0.2) is 17.2 Å². The molecule has 13 heteroatoms. The fraction of sp³-hybridized carbons (Fsp3) is 0.281. The third kappa shape index (κ3) is 6.08. The number of nitrogens with zero attached hydrogens (tertiary/aromatic N) is 7. The normalized spacial score (nSPS) is 15.1. The van der Waals surface area contributed by atoms with E-state index < -0.39 is 5.92 Å². The van der Waals surface area contributed by atoms with Crippen molar-refractivity contribution < 1.29 is 13.2 Å². The first kappa shape index (κ1) is 28.9. The minimum absolute atomic E-state index is 0.127. The summed E-state index contributed by atoms with van der Waals surface area (Å²) in [5, 5.41) is 10.8. The van der Waals surface area contributed by atoms with Gasteiger partial charge in [-0.2, -0.15) is 5.10 Å². The number of imidazole rings is 1. The van der Waals surface area contributed by atoms with Gasteiger partial charge in [0, 0.05) is 68.0 Å². The highest BCUT2D eigenvalue weighted by Crippen LogP contribution is 2.33. The zero-order chi connectivity index (χ0) is 31.1. The van der Waals surface area contributed by atoms with E-state index in [1.54, 1.807) is 23.5 Å². The van der Waals surface area contributed by atoms with E-state index in [0.29, 0.717) is 70.3 Å². The van der Waals surface area contributed by atoms with Crippen LogP contribution in [-0.2, 0) is 6.54 Å². The number of anilines is 1. The van der Waals surface area contributed by atoms with Crippen molar-refractivity contribution >= 4 is 27.9 Å². The minimum Gasteiger partial charge on any atom is -0.384 e. The maximum atomic E-state index is 14.7. The fourth-order valence-corrected chi connectivity index (χ4v) is 5.67. The first-order chi connectivity index (χ1) is 21.7. The van der Waals surface area contributed by atoms with Crippen molar-refractivity contribution in [2.75, 3.05) is 45.6 Å². The zero-order valence-electron chi connectivity index (χ0n) is 24.8. The van der Waals surface area contributed by atoms with E-state index in [0.717, 1.165) is 23.2 Å². The van der Waals surface area contributed by atoms with Gasteiger partial charge in [0.2, 0.25) is 0 Å². The molecule has 1 aromatic carbocycles. The molecule has 1 saturated heterocycles. The lowest BCUT2D eigenvalue weighted by molar-refractivity contribution is 0.0115. The van der Waals surface area contributed by atoms with Gasteiger partial charge in [0.05, 0.1) is 17.8 Å². The Morgan fingerprint density at radius 2 is 1.91 bits per heavy atom. The highest BCUT2D eigenvalue weighted by atomic mass is 19.3. The summed E-state index contributed by atoms with van der Waals surface area (Å²) in [5.41, 5.74) is 7.26. The van der Waals surface area contributed by atoms with Crippen molar-refractivity contribution in [3.63, 3.8) is 0 Å². The maximum Gasteiger partial charge on any atom is 0.261 e. The molecule has 0 unspecified atom stereocenters. The topological polar surface area (TPSA) is 115 Å². The lowest BCUT2D eigenvalue weighted by atomic mass is 10.0. The smallest absolute Gasteiger partial charge is 0.261 e. The Morgan fingerprint density at radius 3 is 2.73 bits per heavy atom. The van der Waals surface area contributed by atoms with Gasteiger partial charge >= 0.3 is 0 Å². The summed E-state index contributed by atoms with van der Waals surface area (Å²) in [6.45, 7) is 1.98. The Balaban J connectivity index is 1.20. The van der Waals surface area contributed by atoms with Gasteiger partial charge in [0.25, 0.3) is 5.92 Å². The molecule has 1 aliphatic heterocycles. The average molecular weight is 613 g/mol. The van der Waals surface area contributed by atoms with Crippen LogP contribution in [-0.4, -0.2) is 91.1 Å². The van der Waals surface area contributed by atoms with Crippen LogP contribution in [0.5, 0.6) is 0 Å². The van der Waals surface area contributed by atoms with Crippen molar-refractivity contribution in [3.05, 3.63) is 72.4 Å². The van der Waals surface area contributed by atoms with E-state index in [9.17, 15) is 13.2 Å². The number of H-pyrrole nitrogens is 2. The molecule has 0 amide bonds. The quantitative estimate of drug-likeness (QED) is 0.194. The van der Waals surface area contributed by atoms with E-state index in [1.807, 2.05) is 44.4 Å². The predicted octanol–water partition coefficient (Wildman–Crippen LogP) is 5.58. The second-order valence-electron chi connectivity index (χ2n) is 11.7. The molecule has 0 saturated carbocycles. The molecule has 0 aliphatic carbocycles. The minimum atomic E-state index is -2.65. The van der Waals surface area contributed by atoms with Crippen LogP contribution in [0.3, 0.4) is 0 Å². The van der Waals surface area contributed by atoms with Crippen LogP contribution in [0.15, 0.2) is 61.1 Å². The Morgan fingerprint density at radius 1 is 1.02 bits per heavy atom. The summed E-state index contributed by atoms with van der Waals surface area (Å²) in [5.74, 6) is -2.54. The number of likely N-dealkylation sites (N-methyl/N-ethyl adjacent to an activating group) is 1. The van der Waals surface area contributed by atoms with Crippen molar-refractivity contribution in [2.45, 2.75) is 18.9 Å². The molecule has 0 radical (unpaired) electrons. The number of benzene rings is 1. The zero-order valence-corrected chi connectivity index (χ0v) is 24.8. The molecule has 10 nitrogen and oxygen atoms in total. The highest BCUT2D eigenvalue weighted by molar-refractivity contribution is 5.95. The molecule has 6 heterocycles. The number of fused-ring (bicyclic) bond motifs is 2. The summed E-state index contributed by atoms with van der Waals surface area (Å²) in [6, 6.07) is 12.3. The summed E-state index contributed by atoms with van der Waals surface area (Å²) in [7, 11) is 3.97. The van der Waals surface area contributed by atoms with E-state index in [2.05, 4.69) is 35.4 Å². The van der Waals surface area contributed by atoms with Gasteiger partial charge in [0.1, 0.15) is 16.9 Å². The second kappa shape index (κ2) is 11.6. The number of likely N-dealkylation sites (tertiary alicyclic amines) is 1. The fourth-order valence-electron chi connectivity index (χ4n) is 5.67. The Labute approximate surface area is 256 Å². The first-order valence-corrected chi connectivity index (χ1v) is 14.6.